The third-order valence-electron chi connectivity index (χ3n) is 3.09. The fourth-order valence-corrected chi connectivity index (χ4v) is 3.31. The number of hydrogen-bond acceptors (Lipinski definition) is 1. The predicted octanol–water partition coefficient (Wildman–Crippen LogP) is 1.49. The van der Waals surface area contributed by atoms with Crippen LogP contribution in [0, 0.1) is 12.3 Å². The van der Waals surface area contributed by atoms with Gasteiger partial charge in [0.15, 0.2) is 0 Å². The maximum atomic E-state index is 12.0. The van der Waals surface area contributed by atoms with E-state index >= 15 is 0 Å². The Morgan fingerprint density at radius 1 is 1.50 bits per heavy atom. The van der Waals surface area contributed by atoms with Crippen molar-refractivity contribution >= 4 is 14.7 Å². The van der Waals surface area contributed by atoms with Crippen LogP contribution >= 0.6 is 0 Å². The second-order valence-electron chi connectivity index (χ2n) is 5.33. The minimum atomic E-state index is -1.11. The van der Waals surface area contributed by atoms with Crippen LogP contribution in [0.3, 0.4) is 0 Å². The van der Waals surface area contributed by atoms with Gasteiger partial charge in [-0.25, -0.2) is 0 Å². The predicted molar refractivity (Wildman–Crippen MR) is 61.9 cm³/mol. The van der Waals surface area contributed by atoms with Crippen LogP contribution in [0.4, 0.5) is 0 Å². The van der Waals surface area contributed by atoms with E-state index in [9.17, 15) is 4.79 Å². The van der Waals surface area contributed by atoms with E-state index in [1.165, 1.54) is 0 Å². The summed E-state index contributed by atoms with van der Waals surface area (Å²) in [6.07, 6.45) is 5.50. The molecular weight excluding hydrogens is 190 g/mol. The van der Waals surface area contributed by atoms with Crippen LogP contribution in [0.25, 0.3) is 0 Å². The molecule has 1 saturated heterocycles. The summed E-state index contributed by atoms with van der Waals surface area (Å²) in [7, 11) is -1.11. The van der Waals surface area contributed by atoms with Gasteiger partial charge in [0.1, 0.15) is 5.04 Å². The number of rotatable bonds is 1. The summed E-state index contributed by atoms with van der Waals surface area (Å²) in [6, 6.07) is 0. The van der Waals surface area contributed by atoms with Gasteiger partial charge < -0.3 is 4.90 Å². The molecule has 0 radical (unpaired) electrons. The molecule has 0 unspecified atom stereocenters. The molecule has 14 heavy (non-hydrogen) atoms. The Bertz CT molecular complexity index is 297. The maximum absolute atomic E-state index is 12.0. The summed E-state index contributed by atoms with van der Waals surface area (Å²) in [5.41, 5.74) is -0.0826. The molecule has 1 rings (SSSR count). The molecule has 3 heteroatoms. The highest BCUT2D eigenvalue weighted by atomic mass is 28.3. The molecule has 1 atom stereocenters. The topological polar surface area (TPSA) is 20.3 Å². The minimum absolute atomic E-state index is 0.0826. The lowest BCUT2D eigenvalue weighted by atomic mass is 9.91. The van der Waals surface area contributed by atoms with Crippen molar-refractivity contribution < 1.29 is 4.79 Å². The molecule has 2 nitrogen and oxygen atoms in total. The summed E-state index contributed by atoms with van der Waals surface area (Å²) in [6.45, 7) is 11.2. The van der Waals surface area contributed by atoms with Crippen molar-refractivity contribution in [2.24, 2.45) is 0 Å². The van der Waals surface area contributed by atoms with Crippen molar-refractivity contribution in [3.8, 4) is 12.3 Å². The second kappa shape index (κ2) is 3.13. The first kappa shape index (κ1) is 11.3. The lowest BCUT2D eigenvalue weighted by Crippen LogP contribution is -2.66. The largest absolute Gasteiger partial charge is 0.335 e. The molecule has 1 heterocycles. The van der Waals surface area contributed by atoms with Gasteiger partial charge >= 0.3 is 0 Å². The van der Waals surface area contributed by atoms with Crippen molar-refractivity contribution in [3.63, 3.8) is 0 Å². The van der Waals surface area contributed by atoms with Gasteiger partial charge in [-0.2, -0.15) is 0 Å². The fraction of sp³-hybridized carbons (Fsp3) is 0.727. The zero-order valence-corrected chi connectivity index (χ0v) is 10.9. The lowest BCUT2D eigenvalue weighted by Gasteiger charge is -2.53. The summed E-state index contributed by atoms with van der Waals surface area (Å²) in [5.74, 6) is 2.91. The molecule has 78 valence electrons. The van der Waals surface area contributed by atoms with Crippen LogP contribution in [0.15, 0.2) is 0 Å². The first-order valence-corrected chi connectivity index (χ1v) is 7.94. The van der Waals surface area contributed by atoms with Crippen molar-refractivity contribution in [2.45, 2.75) is 44.4 Å². The molecule has 1 aliphatic rings. The van der Waals surface area contributed by atoms with E-state index in [0.29, 0.717) is 0 Å². The minimum Gasteiger partial charge on any atom is -0.335 e. The molecular formula is C11H19NOSi. The highest BCUT2D eigenvalue weighted by Gasteiger charge is 2.56. The Labute approximate surface area is 88.3 Å². The molecule has 0 N–H and O–H groups in total. The van der Waals surface area contributed by atoms with Crippen LogP contribution < -0.4 is 0 Å². The van der Waals surface area contributed by atoms with Crippen LogP contribution in [-0.2, 0) is 4.79 Å². The molecule has 1 fully saturated rings. The summed E-state index contributed by atoms with van der Waals surface area (Å²) in [5, 5.41) is -0.396. The summed E-state index contributed by atoms with van der Waals surface area (Å²) < 4.78 is 0. The normalized spacial score (nSPS) is 27.5. The number of β-lactam (4-membered cyclic amide) rings is 1. The number of nitrogens with zero attached hydrogens (tertiary/aromatic N) is 1. The first-order valence-electron chi connectivity index (χ1n) is 5.05. The van der Waals surface area contributed by atoms with E-state index in [2.05, 4.69) is 19.0 Å². The zero-order chi connectivity index (χ0) is 11.1. The number of carbonyl (C=O) groups is 1. The number of carbonyl (C=O) groups excluding carboxylic acids is 1. The highest BCUT2D eigenvalue weighted by molar-refractivity contribution is 6.66. The van der Waals surface area contributed by atoms with E-state index in [4.69, 9.17) is 6.42 Å². The fourth-order valence-electron chi connectivity index (χ4n) is 1.78. The van der Waals surface area contributed by atoms with Crippen molar-refractivity contribution in [1.29, 1.82) is 0 Å². The number of hydrogen-bond donors (Lipinski definition) is 0. The van der Waals surface area contributed by atoms with Crippen molar-refractivity contribution in [2.75, 3.05) is 6.54 Å². The van der Waals surface area contributed by atoms with Gasteiger partial charge in [-0.05, 0) is 20.8 Å². The van der Waals surface area contributed by atoms with Crippen LogP contribution in [0.5, 0.6) is 0 Å². The molecule has 0 aromatic rings. The molecule has 0 spiro atoms. The number of terminal acetylenes is 1. The SMILES string of the molecule is C#C[C@]1([SiH](C)C)CN(C(C)(C)C)C1=O. The molecule has 0 saturated carbocycles. The maximum Gasteiger partial charge on any atom is 0.239 e. The number of likely N-dealkylation sites (tertiary alicyclic amines) is 1. The summed E-state index contributed by atoms with van der Waals surface area (Å²) >= 11 is 0. The third-order valence-corrected chi connectivity index (χ3v) is 5.65. The Hall–Kier alpha value is -0.753. The van der Waals surface area contributed by atoms with Gasteiger partial charge in [-0.15, -0.1) is 6.42 Å². The van der Waals surface area contributed by atoms with Gasteiger partial charge in [0.05, 0.1) is 8.80 Å². The first-order chi connectivity index (χ1) is 6.25. The average molecular weight is 209 g/mol. The summed E-state index contributed by atoms with van der Waals surface area (Å²) in [4.78, 5) is 13.9. The Morgan fingerprint density at radius 3 is 2.21 bits per heavy atom. The van der Waals surface area contributed by atoms with Gasteiger partial charge in [0.2, 0.25) is 5.91 Å². The molecule has 0 aliphatic carbocycles. The molecule has 0 aromatic carbocycles. The van der Waals surface area contributed by atoms with Gasteiger partial charge in [-0.3, -0.25) is 4.79 Å². The highest BCUT2D eigenvalue weighted by Crippen LogP contribution is 2.44. The monoisotopic (exact) mass is 209 g/mol. The smallest absolute Gasteiger partial charge is 0.239 e. The third kappa shape index (κ3) is 1.38. The molecule has 0 bridgehead atoms. The molecule has 1 amide bonds. The average Bonchev–Trinajstić information content (AvgIpc) is 2.00. The zero-order valence-electron chi connectivity index (χ0n) is 9.72. The lowest BCUT2D eigenvalue weighted by molar-refractivity contribution is -0.150. The quantitative estimate of drug-likeness (QED) is 0.364. The Kier molecular flexibility index (Phi) is 2.53. The van der Waals surface area contributed by atoms with Crippen LogP contribution in [-0.4, -0.2) is 31.7 Å². The second-order valence-corrected chi connectivity index (χ2v) is 8.63. The van der Waals surface area contributed by atoms with E-state index in [-0.39, 0.29) is 11.4 Å². The van der Waals surface area contributed by atoms with Crippen LogP contribution in [0.1, 0.15) is 20.8 Å². The Morgan fingerprint density at radius 2 is 2.00 bits per heavy atom. The standard InChI is InChI=1S/C11H19NOSi/c1-7-11(14(5)6)8-12(9(11)13)10(2,3)4/h1,14H,8H2,2-6H3/t11-/m0/s1. The van der Waals surface area contributed by atoms with Gasteiger partial charge in [0, 0.05) is 12.1 Å². The van der Waals surface area contributed by atoms with Crippen molar-refractivity contribution in [3.05, 3.63) is 0 Å². The Balaban J connectivity index is 2.87. The van der Waals surface area contributed by atoms with E-state index in [0.717, 1.165) is 6.54 Å². The van der Waals surface area contributed by atoms with Gasteiger partial charge in [0.25, 0.3) is 0 Å². The van der Waals surface area contributed by atoms with E-state index in [1.54, 1.807) is 0 Å². The van der Waals surface area contributed by atoms with E-state index in [1.807, 2.05) is 25.7 Å². The van der Waals surface area contributed by atoms with Gasteiger partial charge in [-0.1, -0.05) is 19.0 Å². The number of amides is 1. The van der Waals surface area contributed by atoms with E-state index < -0.39 is 13.8 Å². The molecule has 0 aromatic heterocycles. The van der Waals surface area contributed by atoms with Crippen molar-refractivity contribution in [1.82, 2.24) is 4.90 Å². The molecule has 1 aliphatic heterocycles. The van der Waals surface area contributed by atoms with Crippen LogP contribution in [0.2, 0.25) is 18.1 Å².